The molecular weight excluding hydrogens is 470 g/mol. The number of hydrogen-bond donors (Lipinski definition) is 0. The summed E-state index contributed by atoms with van der Waals surface area (Å²) in [7, 11) is -5.76. The number of rotatable bonds is 20. The summed E-state index contributed by atoms with van der Waals surface area (Å²) in [6.07, 6.45) is 6.74. The molecule has 0 fully saturated rings. The van der Waals surface area contributed by atoms with Gasteiger partial charge >= 0.3 is 7.60 Å². The highest BCUT2D eigenvalue weighted by atomic mass is 32.2. The van der Waals surface area contributed by atoms with Crippen molar-refractivity contribution < 1.29 is 32.5 Å². The Balaban J connectivity index is 2.86. The van der Waals surface area contributed by atoms with Crippen LogP contribution in [0.3, 0.4) is 0 Å². The molecule has 32 heavy (non-hydrogen) atoms. The van der Waals surface area contributed by atoms with E-state index in [4.69, 9.17) is 23.0 Å². The molecule has 0 radical (unpaired) electrons. The molecule has 1 heterocycles. The molecule has 188 valence electrons. The summed E-state index contributed by atoms with van der Waals surface area (Å²) < 4.78 is 42.2. The van der Waals surface area contributed by atoms with Crippen LogP contribution in [0.4, 0.5) is 0 Å². The van der Waals surface area contributed by atoms with E-state index in [1.54, 1.807) is 5.41 Å². The van der Waals surface area contributed by atoms with Crippen LogP contribution in [0.25, 0.3) is 0 Å². The predicted molar refractivity (Wildman–Crippen MR) is 133 cm³/mol. The Kier molecular flexibility index (Phi) is 17.6. The second kappa shape index (κ2) is 18.6. The first kappa shape index (κ1) is 30.3. The highest BCUT2D eigenvalue weighted by Crippen LogP contribution is 2.60. The summed E-state index contributed by atoms with van der Waals surface area (Å²) in [5, 5.41) is 2.63. The molecule has 0 aromatic rings. The topological polar surface area (TPSA) is 86.3 Å². The maximum atomic E-state index is 13.6. The number of hydrogen-bond acceptors (Lipinski definition) is 8. The van der Waals surface area contributed by atoms with Gasteiger partial charge in [-0.25, -0.2) is 0 Å². The highest BCUT2D eigenvalue weighted by Gasteiger charge is 2.40. The zero-order valence-electron chi connectivity index (χ0n) is 20.2. The number of unbranched alkanes of at least 4 members (excludes halogenated alkanes) is 4. The Labute approximate surface area is 200 Å². The monoisotopic (exact) mass is 512 g/mol. The molecule has 1 aliphatic rings. The molecule has 0 aliphatic carbocycles. The molecule has 1 aliphatic heterocycles. The quantitative estimate of drug-likeness (QED) is 0.108. The second-order valence-electron chi connectivity index (χ2n) is 7.56. The predicted octanol–water partition coefficient (Wildman–Crippen LogP) is 6.22. The van der Waals surface area contributed by atoms with E-state index in [2.05, 4.69) is 13.8 Å². The van der Waals surface area contributed by atoms with Crippen LogP contribution in [0.5, 0.6) is 0 Å². The smallest absolute Gasteiger partial charge is 0.366 e. The van der Waals surface area contributed by atoms with E-state index in [9.17, 15) is 9.46 Å². The normalized spacial score (nSPS) is 16.1. The standard InChI is InChI=1S/C22H42O7P2S/c1-5-9-13-25-22(26-14-10-6-2)17-27-30(23)20-18-32-19-21(20)31(24,28-15-11-7-3)29-16-12-8-4/h19,22H,5-18H2,1-4H3. The third-order valence-corrected chi connectivity index (χ3v) is 9.36. The maximum Gasteiger partial charge on any atom is 0.366 e. The van der Waals surface area contributed by atoms with Gasteiger partial charge in [0.2, 0.25) is 8.00 Å². The molecule has 0 bridgehead atoms. The Bertz CT molecular complexity index is 589. The minimum absolute atomic E-state index is 0.0573. The van der Waals surface area contributed by atoms with E-state index in [0.717, 1.165) is 51.4 Å². The average molecular weight is 513 g/mol. The summed E-state index contributed by atoms with van der Waals surface area (Å²) in [6.45, 7) is 10.1. The van der Waals surface area contributed by atoms with Crippen LogP contribution >= 0.6 is 27.4 Å². The first-order valence-electron chi connectivity index (χ1n) is 11.9. The molecule has 0 aromatic carbocycles. The minimum atomic E-state index is -3.55. The van der Waals surface area contributed by atoms with E-state index >= 15 is 0 Å². The van der Waals surface area contributed by atoms with Crippen molar-refractivity contribution in [1.29, 1.82) is 0 Å². The zero-order valence-corrected chi connectivity index (χ0v) is 22.8. The molecule has 0 aromatic heterocycles. The van der Waals surface area contributed by atoms with Crippen molar-refractivity contribution in [3.63, 3.8) is 0 Å². The Hall–Kier alpha value is 0.250. The van der Waals surface area contributed by atoms with Gasteiger partial charge in [-0.3, -0.25) is 4.57 Å². The van der Waals surface area contributed by atoms with Crippen molar-refractivity contribution in [3.8, 4) is 0 Å². The van der Waals surface area contributed by atoms with Gasteiger partial charge in [0.15, 0.2) is 11.6 Å². The Morgan fingerprint density at radius 2 is 1.44 bits per heavy atom. The molecule has 0 spiro atoms. The van der Waals surface area contributed by atoms with Gasteiger partial charge in [-0.05, 0) is 31.1 Å². The second-order valence-corrected chi connectivity index (χ2v) is 11.7. The summed E-state index contributed by atoms with van der Waals surface area (Å²) in [6, 6.07) is 0. The number of thioether (sulfide) groups is 1. The maximum absolute atomic E-state index is 13.6. The van der Waals surface area contributed by atoms with E-state index in [1.807, 2.05) is 13.8 Å². The van der Waals surface area contributed by atoms with Crippen LogP contribution in [-0.4, -0.2) is 50.4 Å². The summed E-state index contributed by atoms with van der Waals surface area (Å²) in [4.78, 5) is 13.0. The lowest BCUT2D eigenvalue weighted by molar-refractivity contribution is -0.192. The van der Waals surface area contributed by atoms with Gasteiger partial charge in [0.1, 0.15) is 11.9 Å². The highest BCUT2D eigenvalue weighted by molar-refractivity contribution is 8.04. The number of allylic oxidation sites excluding steroid dienone is 1. The van der Waals surface area contributed by atoms with E-state index in [0.29, 0.717) is 42.8 Å². The van der Waals surface area contributed by atoms with Gasteiger partial charge in [0, 0.05) is 13.2 Å². The largest absolute Gasteiger partial charge is 0.603 e. The van der Waals surface area contributed by atoms with E-state index in [1.165, 1.54) is 11.8 Å². The van der Waals surface area contributed by atoms with Gasteiger partial charge in [-0.15, -0.1) is 11.8 Å². The van der Waals surface area contributed by atoms with Crippen LogP contribution in [0, 0.1) is 0 Å². The SMILES string of the molecule is CCCCOC(CO[P+]([O-])=C1CSC=C1P(=O)(OCCCC)OCCCC)OCCCC. The van der Waals surface area contributed by atoms with Crippen molar-refractivity contribution in [3.05, 3.63) is 10.7 Å². The van der Waals surface area contributed by atoms with Gasteiger partial charge in [-0.2, -0.15) is 4.52 Å². The molecule has 0 saturated heterocycles. The summed E-state index contributed by atoms with van der Waals surface area (Å²) >= 11 is 1.43. The fraction of sp³-hybridized carbons (Fsp3) is 0.864. The van der Waals surface area contributed by atoms with Crippen molar-refractivity contribution in [2.24, 2.45) is 0 Å². The van der Waals surface area contributed by atoms with Crippen molar-refractivity contribution in [2.75, 3.05) is 38.8 Å². The molecule has 10 heteroatoms. The lowest BCUT2D eigenvalue weighted by Gasteiger charge is -2.20. The average Bonchev–Trinajstić information content (AvgIpc) is 3.28. The molecule has 0 saturated carbocycles. The van der Waals surface area contributed by atoms with E-state index < -0.39 is 21.9 Å². The van der Waals surface area contributed by atoms with Crippen LogP contribution in [0.1, 0.15) is 79.1 Å². The van der Waals surface area contributed by atoms with E-state index in [-0.39, 0.29) is 6.61 Å². The lowest BCUT2D eigenvalue weighted by Crippen LogP contribution is -2.24. The molecule has 1 rings (SSSR count). The third kappa shape index (κ3) is 11.6. The van der Waals surface area contributed by atoms with Crippen molar-refractivity contribution in [1.82, 2.24) is 0 Å². The zero-order chi connectivity index (χ0) is 23.7. The summed E-state index contributed by atoms with van der Waals surface area (Å²) in [5.41, 5.74) is 0. The molecule has 7 nitrogen and oxygen atoms in total. The fourth-order valence-corrected chi connectivity index (χ4v) is 7.65. The molecule has 1 atom stereocenters. The van der Waals surface area contributed by atoms with Crippen molar-refractivity contribution >= 4 is 32.7 Å². The third-order valence-electron chi connectivity index (χ3n) is 4.68. The Morgan fingerprint density at radius 1 is 0.938 bits per heavy atom. The first-order valence-corrected chi connectivity index (χ1v) is 15.7. The minimum Gasteiger partial charge on any atom is -0.603 e. The fourth-order valence-electron chi connectivity index (χ4n) is 2.61. The van der Waals surface area contributed by atoms with Crippen LogP contribution in [0.15, 0.2) is 10.7 Å². The van der Waals surface area contributed by atoms with Crippen LogP contribution in [-0.2, 0) is 27.6 Å². The van der Waals surface area contributed by atoms with Crippen molar-refractivity contribution in [2.45, 2.75) is 85.4 Å². The molecule has 0 amide bonds. The number of ether oxygens (including phenoxy) is 2. The van der Waals surface area contributed by atoms with Crippen LogP contribution in [0.2, 0.25) is 0 Å². The first-order chi connectivity index (χ1) is 15.5. The molecule has 0 N–H and O–H groups in total. The molecule has 1 unspecified atom stereocenters. The van der Waals surface area contributed by atoms with Gasteiger partial charge in [-0.1, -0.05) is 53.4 Å². The lowest BCUT2D eigenvalue weighted by atomic mass is 10.3. The van der Waals surface area contributed by atoms with Gasteiger partial charge in [0.05, 0.1) is 19.0 Å². The van der Waals surface area contributed by atoms with Gasteiger partial charge in [0.25, 0.3) is 0 Å². The van der Waals surface area contributed by atoms with Gasteiger partial charge < -0.3 is 23.4 Å². The molecular formula is C22H42O7P2S. The van der Waals surface area contributed by atoms with Crippen LogP contribution < -0.4 is 4.89 Å². The Morgan fingerprint density at radius 3 is 1.94 bits per heavy atom. The summed E-state index contributed by atoms with van der Waals surface area (Å²) in [5.74, 6) is 0.445.